The Balaban J connectivity index is 1.47. The number of amides is 1. The molecule has 2 saturated heterocycles. The van der Waals surface area contributed by atoms with Crippen molar-refractivity contribution in [3.05, 3.63) is 12.4 Å². The summed E-state index contributed by atoms with van der Waals surface area (Å²) in [6, 6.07) is 0. The molecule has 3 heterocycles. The summed E-state index contributed by atoms with van der Waals surface area (Å²) in [6.45, 7) is 6.96. The zero-order valence-electron chi connectivity index (χ0n) is 12.6. The van der Waals surface area contributed by atoms with E-state index in [-0.39, 0.29) is 5.91 Å². The van der Waals surface area contributed by atoms with Crippen LogP contribution in [-0.2, 0) is 16.6 Å². The monoisotopic (exact) mass is 293 g/mol. The van der Waals surface area contributed by atoms with Crippen molar-refractivity contribution >= 4 is 11.9 Å². The minimum absolute atomic E-state index is 0.226. The summed E-state index contributed by atoms with van der Waals surface area (Å²) < 4.78 is 7.32. The van der Waals surface area contributed by atoms with Gasteiger partial charge in [-0.25, -0.2) is 4.98 Å². The molecule has 116 valence electrons. The molecule has 7 heteroatoms. The van der Waals surface area contributed by atoms with Crippen LogP contribution in [0.15, 0.2) is 12.4 Å². The second kappa shape index (κ2) is 6.44. The molecule has 21 heavy (non-hydrogen) atoms. The summed E-state index contributed by atoms with van der Waals surface area (Å²) in [5.41, 5.74) is 0. The lowest BCUT2D eigenvalue weighted by atomic mass is 10.3. The Kier molecular flexibility index (Phi) is 4.40. The van der Waals surface area contributed by atoms with Gasteiger partial charge in [0.25, 0.3) is 0 Å². The van der Waals surface area contributed by atoms with Crippen molar-refractivity contribution in [3.63, 3.8) is 0 Å². The molecule has 1 aromatic heterocycles. The number of hydrogen-bond acceptors (Lipinski definition) is 5. The molecule has 0 saturated carbocycles. The normalized spacial score (nSPS) is 20.8. The van der Waals surface area contributed by atoms with Crippen molar-refractivity contribution < 1.29 is 9.53 Å². The largest absolute Gasteiger partial charge is 0.378 e. The molecule has 0 radical (unpaired) electrons. The molecule has 3 rings (SSSR count). The van der Waals surface area contributed by atoms with Gasteiger partial charge in [0.1, 0.15) is 0 Å². The second-order valence-corrected chi connectivity index (χ2v) is 5.59. The quantitative estimate of drug-likeness (QED) is 0.745. The summed E-state index contributed by atoms with van der Waals surface area (Å²) in [4.78, 5) is 23.0. The highest BCUT2D eigenvalue weighted by molar-refractivity contribution is 5.78. The molecular weight excluding hydrogens is 270 g/mol. The summed E-state index contributed by atoms with van der Waals surface area (Å²) in [7, 11) is 2.01. The summed E-state index contributed by atoms with van der Waals surface area (Å²) in [6.07, 6.45) is 3.79. The van der Waals surface area contributed by atoms with E-state index in [0.717, 1.165) is 45.2 Å². The van der Waals surface area contributed by atoms with E-state index in [1.54, 1.807) is 0 Å². The van der Waals surface area contributed by atoms with Crippen molar-refractivity contribution in [3.8, 4) is 0 Å². The Morgan fingerprint density at radius 1 is 1.19 bits per heavy atom. The molecule has 0 aromatic carbocycles. The van der Waals surface area contributed by atoms with Crippen molar-refractivity contribution in [2.24, 2.45) is 7.05 Å². The van der Waals surface area contributed by atoms with E-state index in [0.29, 0.717) is 19.8 Å². The van der Waals surface area contributed by atoms with Crippen LogP contribution < -0.4 is 4.90 Å². The predicted octanol–water partition coefficient (Wildman–Crippen LogP) is -0.599. The Hall–Kier alpha value is -1.60. The average Bonchev–Trinajstić information content (AvgIpc) is 2.95. The first-order chi connectivity index (χ1) is 10.2. The summed E-state index contributed by atoms with van der Waals surface area (Å²) in [5, 5.41) is 0. The van der Waals surface area contributed by atoms with E-state index in [1.807, 2.05) is 28.9 Å². The standard InChI is InChI=1S/C14H23N5O2/c1-16-3-2-15-14(16)19-6-4-17(5-7-19)12-13(20)18-8-10-21-11-9-18/h2-3H,4-12H2,1H3. The van der Waals surface area contributed by atoms with Gasteiger partial charge in [-0.3, -0.25) is 9.69 Å². The molecule has 0 bridgehead atoms. The first kappa shape index (κ1) is 14.3. The van der Waals surface area contributed by atoms with Gasteiger partial charge in [0.05, 0.1) is 19.8 Å². The van der Waals surface area contributed by atoms with Gasteiger partial charge in [-0.15, -0.1) is 0 Å². The van der Waals surface area contributed by atoms with Crippen LogP contribution in [0.5, 0.6) is 0 Å². The molecular formula is C14H23N5O2. The maximum atomic E-state index is 12.2. The summed E-state index contributed by atoms with van der Waals surface area (Å²) >= 11 is 0. The number of carbonyl (C=O) groups is 1. The molecule has 2 aliphatic heterocycles. The van der Waals surface area contributed by atoms with E-state index in [9.17, 15) is 4.79 Å². The van der Waals surface area contributed by atoms with Crippen molar-refractivity contribution in [1.82, 2.24) is 19.4 Å². The molecule has 1 amide bonds. The smallest absolute Gasteiger partial charge is 0.236 e. The van der Waals surface area contributed by atoms with Gasteiger partial charge in [0.15, 0.2) is 0 Å². The Labute approximate surface area is 125 Å². The van der Waals surface area contributed by atoms with Gasteiger partial charge in [-0.1, -0.05) is 0 Å². The van der Waals surface area contributed by atoms with Gasteiger partial charge in [-0.05, 0) is 0 Å². The number of aryl methyl sites for hydroxylation is 1. The Morgan fingerprint density at radius 3 is 2.52 bits per heavy atom. The second-order valence-electron chi connectivity index (χ2n) is 5.59. The van der Waals surface area contributed by atoms with Crippen LogP contribution in [-0.4, -0.2) is 84.3 Å². The molecule has 0 N–H and O–H groups in total. The van der Waals surface area contributed by atoms with Gasteiger partial charge in [0, 0.05) is 58.7 Å². The molecule has 0 unspecified atom stereocenters. The number of nitrogens with zero attached hydrogens (tertiary/aromatic N) is 5. The van der Waals surface area contributed by atoms with E-state index >= 15 is 0 Å². The molecule has 2 aliphatic rings. The predicted molar refractivity (Wildman–Crippen MR) is 79.3 cm³/mol. The van der Waals surface area contributed by atoms with Crippen molar-refractivity contribution in [2.45, 2.75) is 0 Å². The Morgan fingerprint density at radius 2 is 1.90 bits per heavy atom. The van der Waals surface area contributed by atoms with Crippen LogP contribution in [0, 0.1) is 0 Å². The topological polar surface area (TPSA) is 53.8 Å². The fourth-order valence-electron chi connectivity index (χ4n) is 2.87. The zero-order chi connectivity index (χ0) is 14.7. The number of carbonyl (C=O) groups excluding carboxylic acids is 1. The van der Waals surface area contributed by atoms with Gasteiger partial charge < -0.3 is 19.1 Å². The third-order valence-corrected chi connectivity index (χ3v) is 4.17. The van der Waals surface area contributed by atoms with Crippen molar-refractivity contribution in [1.29, 1.82) is 0 Å². The van der Waals surface area contributed by atoms with Crippen LogP contribution in [0.3, 0.4) is 0 Å². The number of imidazole rings is 1. The highest BCUT2D eigenvalue weighted by Gasteiger charge is 2.24. The molecule has 1 aromatic rings. The number of rotatable bonds is 3. The van der Waals surface area contributed by atoms with Crippen LogP contribution in [0.25, 0.3) is 0 Å². The number of morpholine rings is 1. The lowest BCUT2D eigenvalue weighted by Gasteiger charge is -2.36. The van der Waals surface area contributed by atoms with E-state index in [2.05, 4.69) is 14.8 Å². The first-order valence-corrected chi connectivity index (χ1v) is 7.54. The van der Waals surface area contributed by atoms with Crippen LogP contribution in [0.1, 0.15) is 0 Å². The van der Waals surface area contributed by atoms with E-state index < -0.39 is 0 Å². The van der Waals surface area contributed by atoms with Crippen LogP contribution >= 0.6 is 0 Å². The third-order valence-electron chi connectivity index (χ3n) is 4.17. The fraction of sp³-hybridized carbons (Fsp3) is 0.714. The molecule has 2 fully saturated rings. The third kappa shape index (κ3) is 3.36. The number of piperazine rings is 1. The van der Waals surface area contributed by atoms with E-state index in [1.165, 1.54) is 0 Å². The van der Waals surface area contributed by atoms with Gasteiger partial charge in [-0.2, -0.15) is 0 Å². The van der Waals surface area contributed by atoms with Crippen LogP contribution in [0.2, 0.25) is 0 Å². The zero-order valence-corrected chi connectivity index (χ0v) is 12.6. The minimum atomic E-state index is 0.226. The van der Waals surface area contributed by atoms with Gasteiger partial charge >= 0.3 is 0 Å². The maximum Gasteiger partial charge on any atom is 0.236 e. The number of aromatic nitrogens is 2. The molecule has 7 nitrogen and oxygen atoms in total. The average molecular weight is 293 g/mol. The number of ether oxygens (including phenoxy) is 1. The molecule has 0 aliphatic carbocycles. The lowest BCUT2D eigenvalue weighted by molar-refractivity contribution is -0.136. The first-order valence-electron chi connectivity index (χ1n) is 7.54. The van der Waals surface area contributed by atoms with Gasteiger partial charge in [0.2, 0.25) is 11.9 Å². The minimum Gasteiger partial charge on any atom is -0.378 e. The Bertz CT molecular complexity index is 475. The molecule has 0 spiro atoms. The van der Waals surface area contributed by atoms with E-state index in [4.69, 9.17) is 4.74 Å². The van der Waals surface area contributed by atoms with Crippen LogP contribution in [0.4, 0.5) is 5.95 Å². The van der Waals surface area contributed by atoms with Crippen molar-refractivity contribution in [2.75, 3.05) is 63.9 Å². The number of anilines is 1. The highest BCUT2D eigenvalue weighted by atomic mass is 16.5. The lowest BCUT2D eigenvalue weighted by Crippen LogP contribution is -2.52. The number of hydrogen-bond donors (Lipinski definition) is 0. The molecule has 0 atom stereocenters. The fourth-order valence-corrected chi connectivity index (χ4v) is 2.87. The SMILES string of the molecule is Cn1ccnc1N1CCN(CC(=O)N2CCOCC2)CC1. The maximum absolute atomic E-state index is 12.2. The highest BCUT2D eigenvalue weighted by Crippen LogP contribution is 2.13. The summed E-state index contributed by atoms with van der Waals surface area (Å²) in [5.74, 6) is 1.23.